The van der Waals surface area contributed by atoms with Crippen LogP contribution in [0.2, 0.25) is 0 Å². The summed E-state index contributed by atoms with van der Waals surface area (Å²) in [7, 11) is 0. The molecule has 2 aromatic heterocycles. The number of carbonyl (C=O) groups excluding carboxylic acids is 1. The van der Waals surface area contributed by atoms with Crippen LogP contribution in [0.3, 0.4) is 0 Å². The van der Waals surface area contributed by atoms with E-state index in [9.17, 15) is 35.9 Å². The first-order valence-electron chi connectivity index (χ1n) is 10.4. The minimum atomic E-state index is -4.87. The normalized spacial score (nSPS) is 17.5. The highest BCUT2D eigenvalue weighted by Gasteiger charge is 2.37. The second-order valence-electron chi connectivity index (χ2n) is 7.85. The average molecular weight is 528 g/mol. The molecule has 3 rings (SSSR count). The molecule has 1 saturated heterocycles. The number of H-pyrrole nitrogens is 1. The lowest BCUT2D eigenvalue weighted by Crippen LogP contribution is -2.32. The van der Waals surface area contributed by atoms with Crippen LogP contribution in [0.1, 0.15) is 30.2 Å². The second kappa shape index (κ2) is 10.8. The Balaban J connectivity index is 1.39. The number of aromatic amines is 1. The molecule has 2 aromatic rings. The molecule has 0 radical (unpaired) electrons. The zero-order chi connectivity index (χ0) is 25.8. The van der Waals surface area contributed by atoms with Crippen molar-refractivity contribution in [3.8, 4) is 0 Å². The van der Waals surface area contributed by atoms with Crippen LogP contribution in [0.4, 0.5) is 37.2 Å². The van der Waals surface area contributed by atoms with Crippen LogP contribution in [-0.4, -0.2) is 64.4 Å². The molecule has 2 atom stereocenters. The third-order valence-electron chi connectivity index (χ3n) is 5.02. The van der Waals surface area contributed by atoms with Crippen LogP contribution in [0, 0.1) is 0 Å². The number of ether oxygens (including phenoxy) is 1. The molecule has 0 saturated carbocycles. The number of alkyl halides is 6. The summed E-state index contributed by atoms with van der Waals surface area (Å²) < 4.78 is 82.7. The Morgan fingerprint density at radius 1 is 1.29 bits per heavy atom. The number of hydrogen-bond acceptors (Lipinski definition) is 8. The number of rotatable bonds is 9. The molecule has 1 unspecified atom stereocenters. The lowest BCUT2D eigenvalue weighted by Gasteiger charge is -2.19. The van der Waals surface area contributed by atoms with Crippen molar-refractivity contribution in [2.45, 2.75) is 44.2 Å². The molecule has 16 heteroatoms. The molecule has 3 N–H and O–H groups in total. The molecule has 0 aliphatic carbocycles. The van der Waals surface area contributed by atoms with Crippen molar-refractivity contribution in [3.63, 3.8) is 0 Å². The van der Waals surface area contributed by atoms with Crippen molar-refractivity contribution in [2.75, 3.05) is 36.9 Å². The first-order valence-corrected chi connectivity index (χ1v) is 11.2. The number of thiazole rings is 1. The summed E-state index contributed by atoms with van der Waals surface area (Å²) in [5.74, 6) is -0.219. The van der Waals surface area contributed by atoms with Crippen molar-refractivity contribution in [1.29, 1.82) is 0 Å². The van der Waals surface area contributed by atoms with E-state index in [0.29, 0.717) is 30.8 Å². The van der Waals surface area contributed by atoms with Crippen LogP contribution < -0.4 is 16.2 Å². The predicted octanol–water partition coefficient (Wildman–Crippen LogP) is 3.18. The molecule has 194 valence electrons. The largest absolute Gasteiger partial charge is 0.427 e. The number of hydrogen-bond donors (Lipinski definition) is 3. The molecule has 35 heavy (non-hydrogen) atoms. The van der Waals surface area contributed by atoms with Gasteiger partial charge in [-0.2, -0.15) is 31.4 Å². The zero-order valence-corrected chi connectivity index (χ0v) is 19.1. The monoisotopic (exact) mass is 528 g/mol. The third kappa shape index (κ3) is 7.30. The minimum Gasteiger partial charge on any atom is -0.379 e. The standard InChI is InChI=1S/C19H22F6N6O3S/c1-10(28-12-6-27-30-16(33)15(12)19(23,24)25)9-34-5-3-14(32)31-4-2-11(8-31)29-17-26-7-13(35-17)18(20,21)22/h6-7,10-11H,2-5,8-9H2,1H3,(H,26,29)(H2,28,30,33)/t10-,11?/m0/s1. The Labute approximate surface area is 198 Å². The summed E-state index contributed by atoms with van der Waals surface area (Å²) in [4.78, 5) is 28.3. The Morgan fingerprint density at radius 3 is 2.69 bits per heavy atom. The number of nitrogens with one attached hydrogen (secondary N) is 3. The van der Waals surface area contributed by atoms with Gasteiger partial charge in [0.2, 0.25) is 5.91 Å². The van der Waals surface area contributed by atoms with E-state index in [-0.39, 0.29) is 36.7 Å². The molecule has 9 nitrogen and oxygen atoms in total. The smallest absolute Gasteiger partial charge is 0.379 e. The van der Waals surface area contributed by atoms with Gasteiger partial charge in [-0.25, -0.2) is 10.1 Å². The Morgan fingerprint density at radius 2 is 2.03 bits per heavy atom. The van der Waals surface area contributed by atoms with Gasteiger partial charge < -0.3 is 20.3 Å². The van der Waals surface area contributed by atoms with Crippen molar-refractivity contribution in [1.82, 2.24) is 20.1 Å². The van der Waals surface area contributed by atoms with Crippen LogP contribution in [0.15, 0.2) is 17.2 Å². The molecule has 1 aliphatic heterocycles. The molecule has 0 spiro atoms. The van der Waals surface area contributed by atoms with Crippen molar-refractivity contribution < 1.29 is 35.9 Å². The number of halogens is 6. The summed E-state index contributed by atoms with van der Waals surface area (Å²) >= 11 is 0.497. The van der Waals surface area contributed by atoms with E-state index in [2.05, 4.69) is 20.7 Å². The lowest BCUT2D eigenvalue weighted by molar-refractivity contribution is -0.138. The molecular weight excluding hydrogens is 506 g/mol. The number of amides is 1. The molecule has 3 heterocycles. The van der Waals surface area contributed by atoms with E-state index in [0.717, 1.165) is 12.4 Å². The summed E-state index contributed by atoms with van der Waals surface area (Å²) in [6, 6.07) is -0.850. The van der Waals surface area contributed by atoms with Gasteiger partial charge in [0.05, 0.1) is 37.7 Å². The fourth-order valence-corrected chi connectivity index (χ4v) is 4.19. The van der Waals surface area contributed by atoms with Crippen molar-refractivity contribution in [2.24, 2.45) is 0 Å². The summed E-state index contributed by atoms with van der Waals surface area (Å²) in [6.45, 7) is 2.24. The Kier molecular flexibility index (Phi) is 8.25. The number of anilines is 2. The predicted molar refractivity (Wildman–Crippen MR) is 114 cm³/mol. The van der Waals surface area contributed by atoms with E-state index >= 15 is 0 Å². The Hall–Kier alpha value is -2.88. The van der Waals surface area contributed by atoms with Crippen molar-refractivity contribution in [3.05, 3.63) is 33.2 Å². The quantitative estimate of drug-likeness (QED) is 0.339. The van der Waals surface area contributed by atoms with Gasteiger partial charge in [0, 0.05) is 25.2 Å². The van der Waals surface area contributed by atoms with E-state index in [1.54, 1.807) is 16.9 Å². The fraction of sp³-hybridized carbons (Fsp3) is 0.579. The lowest BCUT2D eigenvalue weighted by atomic mass is 10.2. The first-order chi connectivity index (χ1) is 16.3. The first kappa shape index (κ1) is 26.7. The van der Waals surface area contributed by atoms with Gasteiger partial charge in [-0.3, -0.25) is 9.59 Å². The molecule has 1 amide bonds. The van der Waals surface area contributed by atoms with Gasteiger partial charge in [-0.1, -0.05) is 11.3 Å². The van der Waals surface area contributed by atoms with Crippen molar-refractivity contribution >= 4 is 28.1 Å². The summed E-state index contributed by atoms with van der Waals surface area (Å²) in [5, 5.41) is 10.7. The molecule has 1 fully saturated rings. The minimum absolute atomic E-state index is 0.0145. The van der Waals surface area contributed by atoms with Crippen LogP contribution >= 0.6 is 11.3 Å². The number of likely N-dealkylation sites (tertiary alicyclic amines) is 1. The maximum Gasteiger partial charge on any atom is 0.427 e. The molecule has 0 bridgehead atoms. The maximum atomic E-state index is 13.1. The maximum absolute atomic E-state index is 13.1. The van der Waals surface area contributed by atoms with Gasteiger partial charge >= 0.3 is 12.4 Å². The average Bonchev–Trinajstić information content (AvgIpc) is 3.40. The molecule has 0 aromatic carbocycles. The highest BCUT2D eigenvalue weighted by molar-refractivity contribution is 7.15. The van der Waals surface area contributed by atoms with E-state index in [1.807, 2.05) is 0 Å². The second-order valence-corrected chi connectivity index (χ2v) is 8.88. The van der Waals surface area contributed by atoms with Crippen LogP contribution in [-0.2, 0) is 21.9 Å². The number of nitrogens with zero attached hydrogens (tertiary/aromatic N) is 3. The highest BCUT2D eigenvalue weighted by Crippen LogP contribution is 2.35. The fourth-order valence-electron chi connectivity index (χ4n) is 3.43. The molecular formula is C19H22F6N6O3S. The third-order valence-corrected chi connectivity index (χ3v) is 6.00. The summed E-state index contributed by atoms with van der Waals surface area (Å²) in [5.41, 5.74) is -3.24. The van der Waals surface area contributed by atoms with Gasteiger partial charge in [-0.15, -0.1) is 0 Å². The number of carbonyl (C=O) groups is 1. The van der Waals surface area contributed by atoms with Gasteiger partial charge in [-0.05, 0) is 13.3 Å². The zero-order valence-electron chi connectivity index (χ0n) is 18.3. The Bertz CT molecular complexity index is 1070. The number of aromatic nitrogens is 3. The van der Waals surface area contributed by atoms with Crippen LogP contribution in [0.25, 0.3) is 0 Å². The van der Waals surface area contributed by atoms with Gasteiger partial charge in [0.25, 0.3) is 5.56 Å². The SMILES string of the molecule is C[C@@H](COCCC(=O)N1CCC(Nc2ncc(C(F)(F)F)s2)C1)Nc1cn[nH]c(=O)c1C(F)(F)F. The van der Waals surface area contributed by atoms with Crippen LogP contribution in [0.5, 0.6) is 0 Å². The van der Waals surface area contributed by atoms with E-state index in [4.69, 9.17) is 4.74 Å². The van der Waals surface area contributed by atoms with E-state index < -0.39 is 40.1 Å². The highest BCUT2D eigenvalue weighted by atomic mass is 32.1. The van der Waals surface area contributed by atoms with E-state index in [1.165, 1.54) is 0 Å². The topological polar surface area (TPSA) is 112 Å². The van der Waals surface area contributed by atoms with Gasteiger partial charge in [0.1, 0.15) is 10.4 Å². The molecule has 1 aliphatic rings. The van der Waals surface area contributed by atoms with Gasteiger partial charge in [0.15, 0.2) is 5.13 Å². The summed E-state index contributed by atoms with van der Waals surface area (Å²) in [6.07, 6.45) is -7.14.